The third-order valence-corrected chi connectivity index (χ3v) is 2.97. The molecule has 0 aliphatic carbocycles. The molecule has 5 heteroatoms. The molecule has 102 valence electrons. The molecule has 1 atom stereocenters. The first-order valence-corrected chi connectivity index (χ1v) is 6.53. The second-order valence-electron chi connectivity index (χ2n) is 4.64. The van der Waals surface area contributed by atoms with Gasteiger partial charge in [0.2, 0.25) is 0 Å². The molecule has 0 amide bonds. The van der Waals surface area contributed by atoms with Crippen LogP contribution in [0, 0.1) is 21.4 Å². The lowest BCUT2D eigenvalue weighted by atomic mass is 10.1. The average Bonchev–Trinajstić information content (AvgIpc) is 2.39. The number of unbranched alkanes of at least 4 members (excludes halogenated alkanes) is 2. The number of nitro benzene ring substituents is 1. The quantitative estimate of drug-likeness (QED) is 0.459. The van der Waals surface area contributed by atoms with Crippen LogP contribution in [0.5, 0.6) is 0 Å². The van der Waals surface area contributed by atoms with Gasteiger partial charge in [0.25, 0.3) is 5.69 Å². The molecule has 0 aliphatic heterocycles. The Morgan fingerprint density at radius 3 is 2.79 bits per heavy atom. The summed E-state index contributed by atoms with van der Waals surface area (Å²) in [5.74, 6) is 0. The molecule has 0 saturated carbocycles. The maximum absolute atomic E-state index is 11.0. The first-order valence-electron chi connectivity index (χ1n) is 6.53. The van der Waals surface area contributed by atoms with Gasteiger partial charge in [-0.3, -0.25) is 10.1 Å². The molecular weight excluding hydrogens is 242 g/mol. The molecule has 5 nitrogen and oxygen atoms in total. The van der Waals surface area contributed by atoms with E-state index in [9.17, 15) is 10.1 Å². The molecule has 1 unspecified atom stereocenters. The molecule has 1 aromatic rings. The molecule has 1 aromatic carbocycles. The van der Waals surface area contributed by atoms with E-state index < -0.39 is 4.92 Å². The van der Waals surface area contributed by atoms with Crippen LogP contribution < -0.4 is 5.32 Å². The number of anilines is 1. The van der Waals surface area contributed by atoms with Gasteiger partial charge in [-0.1, -0.05) is 26.2 Å². The van der Waals surface area contributed by atoms with Crippen LogP contribution in [0.2, 0.25) is 0 Å². The normalized spacial score (nSPS) is 11.6. The molecule has 1 N–H and O–H groups in total. The minimum atomic E-state index is -0.456. The predicted molar refractivity (Wildman–Crippen MR) is 75.0 cm³/mol. The number of nitrogens with one attached hydrogen (secondary N) is 1. The minimum absolute atomic E-state index is 0.0404. The van der Waals surface area contributed by atoms with Gasteiger partial charge in [0.05, 0.1) is 16.6 Å². The first kappa shape index (κ1) is 15.0. The van der Waals surface area contributed by atoms with E-state index >= 15 is 0 Å². The Morgan fingerprint density at radius 1 is 1.47 bits per heavy atom. The Morgan fingerprint density at radius 2 is 2.21 bits per heavy atom. The average molecular weight is 261 g/mol. The van der Waals surface area contributed by atoms with Gasteiger partial charge in [0.15, 0.2) is 0 Å². The van der Waals surface area contributed by atoms with Gasteiger partial charge in [-0.15, -0.1) is 0 Å². The van der Waals surface area contributed by atoms with Gasteiger partial charge < -0.3 is 5.32 Å². The second-order valence-corrected chi connectivity index (χ2v) is 4.64. The van der Waals surface area contributed by atoms with Crippen molar-refractivity contribution < 1.29 is 4.92 Å². The third-order valence-electron chi connectivity index (χ3n) is 2.97. The molecule has 0 aromatic heterocycles. The van der Waals surface area contributed by atoms with E-state index in [0.29, 0.717) is 11.3 Å². The van der Waals surface area contributed by atoms with Crippen LogP contribution in [-0.2, 0) is 0 Å². The van der Waals surface area contributed by atoms with E-state index in [1.54, 1.807) is 12.1 Å². The van der Waals surface area contributed by atoms with Crippen molar-refractivity contribution in [2.45, 2.75) is 45.6 Å². The molecule has 0 saturated heterocycles. The molecule has 0 heterocycles. The number of benzene rings is 1. The summed E-state index contributed by atoms with van der Waals surface area (Å²) >= 11 is 0. The zero-order valence-electron chi connectivity index (χ0n) is 11.3. The molecule has 0 aliphatic rings. The highest BCUT2D eigenvalue weighted by Gasteiger charge is 2.16. The van der Waals surface area contributed by atoms with Crippen molar-refractivity contribution in [2.75, 3.05) is 5.32 Å². The van der Waals surface area contributed by atoms with E-state index in [1.165, 1.54) is 12.5 Å². The monoisotopic (exact) mass is 261 g/mol. The molecule has 0 bridgehead atoms. The largest absolute Gasteiger partial charge is 0.377 e. The van der Waals surface area contributed by atoms with Gasteiger partial charge in [-0.05, 0) is 25.5 Å². The van der Waals surface area contributed by atoms with E-state index in [-0.39, 0.29) is 11.7 Å². The molecule has 0 spiro atoms. The van der Waals surface area contributed by atoms with Crippen LogP contribution >= 0.6 is 0 Å². The van der Waals surface area contributed by atoms with Crippen LogP contribution in [-0.4, -0.2) is 11.0 Å². The van der Waals surface area contributed by atoms with Gasteiger partial charge in [0, 0.05) is 12.1 Å². The van der Waals surface area contributed by atoms with Crippen molar-refractivity contribution in [3.63, 3.8) is 0 Å². The van der Waals surface area contributed by atoms with Crippen LogP contribution in [0.3, 0.4) is 0 Å². The van der Waals surface area contributed by atoms with E-state index in [2.05, 4.69) is 12.2 Å². The Balaban J connectivity index is 2.77. The lowest BCUT2D eigenvalue weighted by molar-refractivity contribution is -0.384. The Kier molecular flexibility index (Phi) is 5.80. The summed E-state index contributed by atoms with van der Waals surface area (Å²) < 4.78 is 0. The predicted octanol–water partition coefficient (Wildman–Crippen LogP) is 3.85. The number of hydrogen-bond acceptors (Lipinski definition) is 4. The highest BCUT2D eigenvalue weighted by molar-refractivity contribution is 5.64. The van der Waals surface area contributed by atoms with Crippen molar-refractivity contribution in [3.05, 3.63) is 33.9 Å². The van der Waals surface area contributed by atoms with Crippen LogP contribution in [0.25, 0.3) is 0 Å². The molecular formula is C14H19N3O2. The summed E-state index contributed by atoms with van der Waals surface area (Å²) in [5, 5.41) is 22.9. The first-order chi connectivity index (χ1) is 9.08. The minimum Gasteiger partial charge on any atom is -0.377 e. The fourth-order valence-electron chi connectivity index (χ4n) is 1.91. The number of hydrogen-bond donors (Lipinski definition) is 1. The highest BCUT2D eigenvalue weighted by Crippen LogP contribution is 2.26. The van der Waals surface area contributed by atoms with E-state index in [1.807, 2.05) is 13.0 Å². The number of rotatable bonds is 7. The van der Waals surface area contributed by atoms with Crippen molar-refractivity contribution in [3.8, 4) is 6.07 Å². The maximum atomic E-state index is 11.0. The summed E-state index contributed by atoms with van der Waals surface area (Å²) in [6.07, 6.45) is 4.41. The van der Waals surface area contributed by atoms with Gasteiger partial charge in [-0.2, -0.15) is 5.26 Å². The van der Waals surface area contributed by atoms with Crippen molar-refractivity contribution in [2.24, 2.45) is 0 Å². The van der Waals surface area contributed by atoms with Crippen molar-refractivity contribution >= 4 is 11.4 Å². The highest BCUT2D eigenvalue weighted by atomic mass is 16.6. The number of nitro groups is 1. The number of nitrogens with zero attached hydrogens (tertiary/aromatic N) is 2. The molecule has 19 heavy (non-hydrogen) atoms. The van der Waals surface area contributed by atoms with Gasteiger partial charge >= 0.3 is 0 Å². The zero-order chi connectivity index (χ0) is 14.3. The summed E-state index contributed by atoms with van der Waals surface area (Å²) in [7, 11) is 0. The fourth-order valence-corrected chi connectivity index (χ4v) is 1.91. The van der Waals surface area contributed by atoms with Gasteiger partial charge in [0.1, 0.15) is 5.69 Å². The Labute approximate surface area is 113 Å². The Hall–Kier alpha value is -2.09. The zero-order valence-corrected chi connectivity index (χ0v) is 11.3. The fraction of sp³-hybridized carbons (Fsp3) is 0.500. The van der Waals surface area contributed by atoms with Crippen molar-refractivity contribution in [1.82, 2.24) is 0 Å². The topological polar surface area (TPSA) is 79.0 Å². The van der Waals surface area contributed by atoms with Crippen LogP contribution in [0.4, 0.5) is 11.4 Å². The summed E-state index contributed by atoms with van der Waals surface area (Å²) in [5.41, 5.74) is 0.741. The lowest BCUT2D eigenvalue weighted by Gasteiger charge is -2.15. The standard InChI is InChI=1S/C14H19N3O2/c1-3-4-5-6-11(2)16-13-8-7-12(10-15)9-14(13)17(18)19/h7-9,11,16H,3-6H2,1-2H3. The molecule has 0 radical (unpaired) electrons. The van der Waals surface area contributed by atoms with E-state index in [4.69, 9.17) is 5.26 Å². The summed E-state index contributed by atoms with van der Waals surface area (Å²) in [4.78, 5) is 10.5. The molecule has 1 rings (SSSR count). The number of nitriles is 1. The van der Waals surface area contributed by atoms with Crippen LogP contribution in [0.15, 0.2) is 18.2 Å². The Bertz CT molecular complexity index is 480. The van der Waals surface area contributed by atoms with Crippen LogP contribution in [0.1, 0.15) is 45.1 Å². The van der Waals surface area contributed by atoms with Crippen molar-refractivity contribution in [1.29, 1.82) is 5.26 Å². The maximum Gasteiger partial charge on any atom is 0.293 e. The summed E-state index contributed by atoms with van der Waals surface area (Å²) in [6, 6.07) is 6.59. The van der Waals surface area contributed by atoms with Gasteiger partial charge in [-0.25, -0.2) is 0 Å². The smallest absolute Gasteiger partial charge is 0.293 e. The van der Waals surface area contributed by atoms with E-state index in [0.717, 1.165) is 19.3 Å². The lowest BCUT2D eigenvalue weighted by Crippen LogP contribution is -2.15. The second kappa shape index (κ2) is 7.37. The molecule has 0 fully saturated rings. The SMILES string of the molecule is CCCCCC(C)Nc1ccc(C#N)cc1[N+](=O)[O-]. The third kappa shape index (κ3) is 4.59. The summed E-state index contributed by atoms with van der Waals surface area (Å²) in [6.45, 7) is 4.15.